The van der Waals surface area contributed by atoms with Crippen LogP contribution in [0.25, 0.3) is 11.1 Å². The highest BCUT2D eigenvalue weighted by molar-refractivity contribution is 6.49. The van der Waals surface area contributed by atoms with Crippen molar-refractivity contribution in [2.45, 2.75) is 0 Å². The number of hydrogen-bond donors (Lipinski definition) is 1. The molecule has 1 N–H and O–H groups in total. The number of fused-ring (bicyclic) bond motifs is 1. The topological polar surface area (TPSA) is 78.1 Å². The number of carboxylic acids is 1. The summed E-state index contributed by atoms with van der Waals surface area (Å²) >= 11 is 11.3. The number of carbonyl (C=O) groups is 1. The molecule has 4 nitrogen and oxygen atoms in total. The van der Waals surface area contributed by atoms with Crippen LogP contribution < -0.4 is 5.11 Å². The van der Waals surface area contributed by atoms with Crippen molar-refractivity contribution >= 4 is 34.9 Å². The molecule has 0 aromatic carbocycles. The van der Waals surface area contributed by atoms with Gasteiger partial charge in [0, 0.05) is 17.2 Å². The molecule has 0 amide bonds. The Hall–Kier alpha value is -1.61. The summed E-state index contributed by atoms with van der Waals surface area (Å²) in [6.45, 7) is 3.08. The van der Waals surface area contributed by atoms with Crippen molar-refractivity contribution in [3.05, 3.63) is 34.8 Å². The van der Waals surface area contributed by atoms with Crippen molar-refractivity contribution in [1.82, 2.24) is 0 Å². The molecule has 0 bridgehead atoms. The number of rotatable bonds is 2. The van der Waals surface area contributed by atoms with E-state index in [2.05, 4.69) is 11.4 Å². The summed E-state index contributed by atoms with van der Waals surface area (Å²) in [5.74, 6) is -1.48. The molecule has 0 spiro atoms. The monoisotopic (exact) mass is 256 g/mol. The molecule has 2 rings (SSSR count). The Morgan fingerprint density at radius 2 is 1.81 bits per heavy atom. The van der Waals surface area contributed by atoms with Crippen molar-refractivity contribution in [2.75, 3.05) is 0 Å². The fourth-order valence-electron chi connectivity index (χ4n) is 0.981. The maximum absolute atomic E-state index is 9.73. The Labute approximate surface area is 101 Å². The second kappa shape index (κ2) is 4.94. The number of carbonyl (C=O) groups excluding carboxylic acids is 1. The van der Waals surface area contributed by atoms with Gasteiger partial charge in [0.25, 0.3) is 0 Å². The molecule has 0 saturated carbocycles. The van der Waals surface area contributed by atoms with Crippen LogP contribution >= 0.6 is 23.2 Å². The van der Waals surface area contributed by atoms with Gasteiger partial charge in [0.05, 0.1) is 20.4 Å². The van der Waals surface area contributed by atoms with Gasteiger partial charge in [-0.05, 0) is 0 Å². The number of hydrogen-bond acceptors (Lipinski definition) is 3. The zero-order valence-electron chi connectivity index (χ0n) is 7.96. The third kappa shape index (κ3) is 2.14. The molecule has 2 aliphatic rings. The van der Waals surface area contributed by atoms with Crippen LogP contribution in [-0.4, -0.2) is 16.5 Å². The van der Waals surface area contributed by atoms with E-state index in [4.69, 9.17) is 28.7 Å². The first-order valence-electron chi connectivity index (χ1n) is 4.09. The van der Waals surface area contributed by atoms with Gasteiger partial charge in [-0.1, -0.05) is 41.9 Å². The van der Waals surface area contributed by atoms with Crippen LogP contribution in [0.5, 0.6) is 0 Å². The van der Waals surface area contributed by atoms with Crippen molar-refractivity contribution in [3.63, 3.8) is 0 Å². The lowest BCUT2D eigenvalue weighted by atomic mass is 9.94. The van der Waals surface area contributed by atoms with Gasteiger partial charge in [0.2, 0.25) is 0 Å². The van der Waals surface area contributed by atoms with Crippen molar-refractivity contribution in [3.8, 4) is 11.1 Å². The molecular formula is C10H6Cl2N2O2. The van der Waals surface area contributed by atoms with Gasteiger partial charge in [-0.3, -0.25) is 0 Å². The van der Waals surface area contributed by atoms with E-state index in [1.807, 2.05) is 12.1 Å². The van der Waals surface area contributed by atoms with E-state index in [0.29, 0.717) is 0 Å². The Kier molecular flexibility index (Phi) is 3.85. The maximum Gasteiger partial charge on any atom is 0.386 e. The fourth-order valence-corrected chi connectivity index (χ4v) is 1.51. The summed E-state index contributed by atoms with van der Waals surface area (Å²) in [5, 5.41) is 11.2. The average molecular weight is 257 g/mol. The summed E-state index contributed by atoms with van der Waals surface area (Å²) in [5.41, 5.74) is 7.98. The standard InChI is InChI=1S/C6H2Cl2.C4H4N2O2/c7-5-3-1-2-4(3)6(5)8;1-2-3(6-5)4(7)8/h1-2H;2,5H,1H2. The highest BCUT2D eigenvalue weighted by Crippen LogP contribution is 2.49. The van der Waals surface area contributed by atoms with Gasteiger partial charge < -0.3 is 9.90 Å². The first-order chi connectivity index (χ1) is 7.52. The van der Waals surface area contributed by atoms with Crippen molar-refractivity contribution < 1.29 is 14.7 Å². The molecule has 0 aromatic heterocycles. The summed E-state index contributed by atoms with van der Waals surface area (Å²) in [6, 6.07) is 3.92. The fraction of sp³-hybridized carbons (Fsp3) is 0. The predicted octanol–water partition coefficient (Wildman–Crippen LogP) is 1.58. The Morgan fingerprint density at radius 1 is 1.38 bits per heavy atom. The normalized spacial score (nSPS) is 9.38. The molecule has 0 aromatic rings. The number of carboxylic acid groups (broad SMARTS) is 1. The predicted molar refractivity (Wildman–Crippen MR) is 58.6 cm³/mol. The quantitative estimate of drug-likeness (QED) is 0.503. The molecular weight excluding hydrogens is 251 g/mol. The Morgan fingerprint density at radius 3 is 1.88 bits per heavy atom. The van der Waals surface area contributed by atoms with Crippen molar-refractivity contribution in [1.29, 1.82) is 5.53 Å². The maximum atomic E-state index is 9.73. The van der Waals surface area contributed by atoms with Crippen LogP contribution in [-0.2, 0) is 4.79 Å². The molecule has 0 fully saturated rings. The summed E-state index contributed by atoms with van der Waals surface area (Å²) in [6.07, 6.45) is 0.947. The number of benzene rings is 1. The van der Waals surface area contributed by atoms with E-state index < -0.39 is 11.7 Å². The van der Waals surface area contributed by atoms with Crippen LogP contribution in [0.4, 0.5) is 0 Å². The third-order valence-corrected chi connectivity index (χ3v) is 2.78. The third-order valence-electron chi connectivity index (χ3n) is 1.90. The number of halogens is 2. The molecule has 82 valence electrons. The van der Waals surface area contributed by atoms with Gasteiger partial charge in [-0.25, -0.2) is 0 Å². The number of nitrogens with zero attached hydrogens (tertiary/aromatic N) is 1. The zero-order valence-corrected chi connectivity index (χ0v) is 9.47. The lowest BCUT2D eigenvalue weighted by molar-refractivity contribution is -0.298. The lowest BCUT2D eigenvalue weighted by Crippen LogP contribution is -2.30. The second-order valence-electron chi connectivity index (χ2n) is 2.78. The van der Waals surface area contributed by atoms with Crippen LogP contribution in [0.2, 0.25) is 10.0 Å². The van der Waals surface area contributed by atoms with Gasteiger partial charge in [-0.15, -0.1) is 0 Å². The minimum Gasteiger partial charge on any atom is -0.538 e. The van der Waals surface area contributed by atoms with Crippen LogP contribution in [0.15, 0.2) is 24.8 Å². The minimum absolute atomic E-state index is 0.454. The van der Waals surface area contributed by atoms with E-state index in [1.54, 1.807) is 0 Å². The molecule has 2 aliphatic carbocycles. The van der Waals surface area contributed by atoms with Gasteiger partial charge in [0.1, 0.15) is 0 Å². The van der Waals surface area contributed by atoms with E-state index >= 15 is 0 Å². The van der Waals surface area contributed by atoms with Crippen molar-refractivity contribution in [2.24, 2.45) is 0 Å². The highest BCUT2D eigenvalue weighted by atomic mass is 35.5. The SMILES string of the molecule is C=CC(=[N+]=N)C(=O)[O-].Clc1c2ccc-2c1Cl. The molecule has 0 saturated heterocycles. The smallest absolute Gasteiger partial charge is 0.386 e. The molecule has 6 heteroatoms. The van der Waals surface area contributed by atoms with E-state index in [9.17, 15) is 9.90 Å². The Balaban J connectivity index is 0.000000160. The largest absolute Gasteiger partial charge is 0.538 e. The first kappa shape index (κ1) is 12.5. The van der Waals surface area contributed by atoms with E-state index in [-0.39, 0.29) is 0 Å². The van der Waals surface area contributed by atoms with Crippen LogP contribution in [0.3, 0.4) is 0 Å². The van der Waals surface area contributed by atoms with Crippen LogP contribution in [0, 0.1) is 5.53 Å². The zero-order chi connectivity index (χ0) is 12.3. The molecule has 0 radical (unpaired) electrons. The number of aliphatic carboxylic acids is 1. The van der Waals surface area contributed by atoms with E-state index in [0.717, 1.165) is 27.2 Å². The molecule has 0 unspecified atom stereocenters. The van der Waals surface area contributed by atoms with Gasteiger partial charge >= 0.3 is 5.71 Å². The summed E-state index contributed by atoms with van der Waals surface area (Å²) < 4.78 is 0. The molecule has 16 heavy (non-hydrogen) atoms. The summed E-state index contributed by atoms with van der Waals surface area (Å²) in [4.78, 5) is 12.3. The van der Waals surface area contributed by atoms with E-state index in [1.165, 1.54) is 0 Å². The van der Waals surface area contributed by atoms with Gasteiger partial charge in [0.15, 0.2) is 5.97 Å². The highest BCUT2D eigenvalue weighted by Gasteiger charge is 2.22. The minimum atomic E-state index is -1.48. The molecule has 0 aliphatic heterocycles. The Bertz CT molecular complexity index is 493. The second-order valence-corrected chi connectivity index (χ2v) is 3.53. The summed E-state index contributed by atoms with van der Waals surface area (Å²) in [7, 11) is 0. The number of nitrogens with one attached hydrogen (secondary N) is 1. The molecule has 0 atom stereocenters. The average Bonchev–Trinajstić information content (AvgIpc) is 2.18. The first-order valence-corrected chi connectivity index (χ1v) is 4.85. The molecule has 0 heterocycles. The van der Waals surface area contributed by atoms with Gasteiger partial charge in [-0.2, -0.15) is 0 Å². The van der Waals surface area contributed by atoms with Crippen LogP contribution in [0.1, 0.15) is 0 Å². The lowest BCUT2D eigenvalue weighted by Gasteiger charge is -2.19.